The molecule has 4 nitrogen and oxygen atoms in total. The van der Waals surface area contributed by atoms with Crippen molar-refractivity contribution in [1.82, 2.24) is 0 Å². The van der Waals surface area contributed by atoms with Crippen LogP contribution in [0.4, 0.5) is 5.69 Å². The number of aromatic nitrogens is 1. The molecule has 228 valence electrons. The average molecular weight is 636 g/mol. The quantitative estimate of drug-likeness (QED) is 0.0966. The molecule has 0 bridgehead atoms. The fourth-order valence-electron chi connectivity index (χ4n) is 5.87. The fraction of sp³-hybridized carbons (Fsp3) is 0.444. The lowest BCUT2D eigenvalue weighted by Crippen LogP contribution is -2.35. The van der Waals surface area contributed by atoms with Crippen molar-refractivity contribution >= 4 is 62.5 Å². The Hall–Kier alpha value is -2.54. The van der Waals surface area contributed by atoms with Gasteiger partial charge in [0.25, 0.3) is 5.01 Å². The number of para-hydroxylation sites is 1. The summed E-state index contributed by atoms with van der Waals surface area (Å²) in [6, 6.07) is 14.4. The monoisotopic (exact) mass is 635 g/mol. The molecular weight excluding hydrogens is 592 g/mol. The number of benzene rings is 2. The van der Waals surface area contributed by atoms with E-state index in [9.17, 15) is 9.90 Å². The molecule has 0 fully saturated rings. The number of ketones is 1. The van der Waals surface area contributed by atoms with E-state index in [1.807, 2.05) is 24.3 Å². The molecule has 1 aliphatic carbocycles. The molecule has 0 saturated heterocycles. The van der Waals surface area contributed by atoms with Crippen LogP contribution < -0.4 is 9.47 Å². The highest BCUT2D eigenvalue weighted by Crippen LogP contribution is 2.47. The Balaban J connectivity index is 1.36. The number of rotatable bonds is 16. The lowest BCUT2D eigenvalue weighted by molar-refractivity contribution is -0.669. The second-order valence-electron chi connectivity index (χ2n) is 11.6. The highest BCUT2D eigenvalue weighted by Gasteiger charge is 2.36. The van der Waals surface area contributed by atoms with Crippen molar-refractivity contribution < 1.29 is 14.5 Å². The number of thiazole rings is 1. The first kappa shape index (κ1) is 31.9. The van der Waals surface area contributed by atoms with Crippen molar-refractivity contribution in [2.75, 3.05) is 11.4 Å². The molecule has 2 aliphatic rings. The van der Waals surface area contributed by atoms with Gasteiger partial charge in [-0.05, 0) is 43.2 Å². The number of hydrogen-bond donors (Lipinski definition) is 1. The Labute approximate surface area is 270 Å². The number of aryl methyl sites for hydroxylation is 1. The third-order valence-corrected chi connectivity index (χ3v) is 10.8. The highest BCUT2D eigenvalue weighted by atomic mass is 35.5. The minimum atomic E-state index is -0.0947. The molecule has 5 rings (SSSR count). The van der Waals surface area contributed by atoms with Crippen molar-refractivity contribution in [2.24, 2.45) is 0 Å². The summed E-state index contributed by atoms with van der Waals surface area (Å²) in [6.45, 7) is 6.28. The summed E-state index contributed by atoms with van der Waals surface area (Å²) in [5.41, 5.74) is 3.11. The van der Waals surface area contributed by atoms with Gasteiger partial charge in [-0.1, -0.05) is 118 Å². The van der Waals surface area contributed by atoms with E-state index in [4.69, 9.17) is 11.6 Å². The first-order valence-electron chi connectivity index (χ1n) is 16.1. The molecule has 1 aromatic heterocycles. The second-order valence-corrected chi connectivity index (χ2v) is 14.2. The normalized spacial score (nSPS) is 16.6. The molecule has 0 amide bonds. The van der Waals surface area contributed by atoms with Gasteiger partial charge in [0, 0.05) is 35.0 Å². The number of Topliss-reactive ketones (excluding diaryl/α,β-unsaturated/α-hetero) is 1. The Morgan fingerprint density at radius 2 is 1.58 bits per heavy atom. The van der Waals surface area contributed by atoms with Crippen LogP contribution in [0.25, 0.3) is 16.3 Å². The topological polar surface area (TPSA) is 44.4 Å². The van der Waals surface area contributed by atoms with Crippen LogP contribution in [0.1, 0.15) is 95.9 Å². The SMILES string of the molecule is CCCCCCCCN1C(=CC2=C(O)C(=Cc3sc4cc(Cl)ccc4[n+]3CCCCCCCC)C2=O)Sc2ccccc21. The molecule has 0 radical (unpaired) electrons. The smallest absolute Gasteiger partial charge is 0.263 e. The molecule has 0 unspecified atom stereocenters. The van der Waals surface area contributed by atoms with Crippen LogP contribution in [0.3, 0.4) is 0 Å². The maximum atomic E-state index is 13.5. The number of carbonyl (C=O) groups is 1. The lowest BCUT2D eigenvalue weighted by Gasteiger charge is -2.23. The van der Waals surface area contributed by atoms with Crippen LogP contribution in [-0.2, 0) is 11.3 Å². The van der Waals surface area contributed by atoms with Gasteiger partial charge in [0.05, 0.1) is 21.9 Å². The van der Waals surface area contributed by atoms with E-state index in [2.05, 4.69) is 53.6 Å². The predicted octanol–water partition coefficient (Wildman–Crippen LogP) is 10.8. The van der Waals surface area contributed by atoms with Gasteiger partial charge < -0.3 is 10.0 Å². The number of thioether (sulfide) groups is 1. The van der Waals surface area contributed by atoms with Gasteiger partial charge in [-0.3, -0.25) is 4.79 Å². The lowest BCUT2D eigenvalue weighted by atomic mass is 9.88. The summed E-state index contributed by atoms with van der Waals surface area (Å²) in [5.74, 6) is -0.00199. The first-order chi connectivity index (χ1) is 21.0. The molecule has 0 spiro atoms. The zero-order chi connectivity index (χ0) is 30.2. The number of aliphatic hydroxyl groups excluding tert-OH is 1. The summed E-state index contributed by atoms with van der Waals surface area (Å²) in [6.07, 6.45) is 18.5. The maximum absolute atomic E-state index is 13.5. The summed E-state index contributed by atoms with van der Waals surface area (Å²) < 4.78 is 3.37. The average Bonchev–Trinajstić information content (AvgIpc) is 3.54. The van der Waals surface area contributed by atoms with E-state index in [1.54, 1.807) is 23.1 Å². The van der Waals surface area contributed by atoms with Gasteiger partial charge in [0.2, 0.25) is 11.3 Å². The zero-order valence-electron chi connectivity index (χ0n) is 25.5. The van der Waals surface area contributed by atoms with Crippen molar-refractivity contribution in [3.8, 4) is 0 Å². The molecular formula is C36H44ClN2O2S2+. The number of unbranched alkanes of at least 4 members (excludes halogenated alkanes) is 10. The Kier molecular flexibility index (Phi) is 11.5. The summed E-state index contributed by atoms with van der Waals surface area (Å²) >= 11 is 9.62. The van der Waals surface area contributed by atoms with E-state index in [0.29, 0.717) is 16.2 Å². The predicted molar refractivity (Wildman–Crippen MR) is 184 cm³/mol. The van der Waals surface area contributed by atoms with Crippen LogP contribution in [0.5, 0.6) is 0 Å². The van der Waals surface area contributed by atoms with Crippen molar-refractivity contribution in [2.45, 2.75) is 102 Å². The van der Waals surface area contributed by atoms with E-state index >= 15 is 0 Å². The number of fused-ring (bicyclic) bond motifs is 2. The molecule has 3 aromatic rings. The van der Waals surface area contributed by atoms with Crippen LogP contribution in [0.15, 0.2) is 75.4 Å². The van der Waals surface area contributed by atoms with Crippen molar-refractivity contribution in [3.63, 3.8) is 0 Å². The van der Waals surface area contributed by atoms with Crippen LogP contribution in [0.2, 0.25) is 5.02 Å². The van der Waals surface area contributed by atoms with Crippen LogP contribution in [0, 0.1) is 0 Å². The van der Waals surface area contributed by atoms with Crippen molar-refractivity contribution in [1.29, 1.82) is 0 Å². The molecule has 2 aromatic carbocycles. The van der Waals surface area contributed by atoms with Gasteiger partial charge in [-0.2, -0.15) is 4.57 Å². The zero-order valence-corrected chi connectivity index (χ0v) is 27.9. The number of carbonyl (C=O) groups excluding carboxylic acids is 1. The van der Waals surface area contributed by atoms with E-state index in [0.717, 1.165) is 46.2 Å². The summed E-state index contributed by atoms with van der Waals surface area (Å²) in [5, 5.41) is 13.8. The van der Waals surface area contributed by atoms with Crippen LogP contribution in [-0.4, -0.2) is 17.4 Å². The second kappa shape index (κ2) is 15.5. The van der Waals surface area contributed by atoms with Crippen LogP contribution >= 0.6 is 34.7 Å². The standard InChI is InChI=1S/C36H43ClN2O2S2/c1-3-5-7-9-11-15-21-38-29-17-13-14-18-31(29)42-33(38)24-27-35(40)28(36(27)41)25-34-39(22-16-12-10-8-6-4-2)30-20-19-26(37)23-32(30)43-34/h13-14,17-20,23-25H,3-12,15-16,21-22H2,1-2H3/p+1. The molecule has 1 aliphatic heterocycles. The Bertz CT molecular complexity index is 1540. The maximum Gasteiger partial charge on any atom is 0.263 e. The van der Waals surface area contributed by atoms with Gasteiger partial charge in [0.1, 0.15) is 10.5 Å². The molecule has 0 saturated carbocycles. The van der Waals surface area contributed by atoms with Gasteiger partial charge >= 0.3 is 0 Å². The third-order valence-electron chi connectivity index (χ3n) is 8.34. The van der Waals surface area contributed by atoms with Gasteiger partial charge in [-0.25, -0.2) is 0 Å². The molecule has 7 heteroatoms. The number of nitrogens with zero attached hydrogens (tertiary/aromatic N) is 2. The van der Waals surface area contributed by atoms with Crippen molar-refractivity contribution in [3.05, 3.63) is 80.5 Å². The molecule has 1 N–H and O–H groups in total. The van der Waals surface area contributed by atoms with E-state index in [1.165, 1.54) is 74.8 Å². The summed E-state index contributed by atoms with van der Waals surface area (Å²) in [7, 11) is 0. The summed E-state index contributed by atoms with van der Waals surface area (Å²) in [4.78, 5) is 17.0. The molecule has 43 heavy (non-hydrogen) atoms. The minimum absolute atomic E-state index is 0.0928. The largest absolute Gasteiger partial charge is 0.506 e. The molecule has 0 atom stereocenters. The number of anilines is 1. The molecule has 2 heterocycles. The van der Waals surface area contributed by atoms with E-state index in [-0.39, 0.29) is 11.5 Å². The number of halogens is 1. The highest BCUT2D eigenvalue weighted by molar-refractivity contribution is 8.03. The first-order valence-corrected chi connectivity index (χ1v) is 18.1. The van der Waals surface area contributed by atoms with Gasteiger partial charge in [0.15, 0.2) is 6.54 Å². The Morgan fingerprint density at radius 3 is 2.33 bits per heavy atom. The Morgan fingerprint density at radius 1 is 0.884 bits per heavy atom. The van der Waals surface area contributed by atoms with Gasteiger partial charge in [-0.15, -0.1) is 0 Å². The fourth-order valence-corrected chi connectivity index (χ4v) is 8.40. The third kappa shape index (κ3) is 7.58. The minimum Gasteiger partial charge on any atom is -0.506 e. The number of hydrogen-bond acceptors (Lipinski definition) is 5. The number of allylic oxidation sites excluding steroid dienone is 3. The number of aliphatic hydroxyl groups is 1. The van der Waals surface area contributed by atoms with E-state index < -0.39 is 0 Å².